The maximum absolute atomic E-state index is 5.71. The molecular formula is C11H23NO. The van der Waals surface area contributed by atoms with Crippen LogP contribution < -0.4 is 5.32 Å². The Labute approximate surface area is 82.0 Å². The molecule has 1 aliphatic carbocycles. The predicted octanol–water partition coefficient (Wildman–Crippen LogP) is 2.19. The van der Waals surface area contributed by atoms with Crippen LogP contribution in [0.5, 0.6) is 0 Å². The third-order valence-electron chi connectivity index (χ3n) is 2.47. The molecule has 1 aliphatic rings. The van der Waals surface area contributed by atoms with E-state index in [9.17, 15) is 0 Å². The smallest absolute Gasteiger partial charge is 0.0559 e. The number of hydrogen-bond acceptors (Lipinski definition) is 2. The van der Waals surface area contributed by atoms with Gasteiger partial charge in [-0.15, -0.1) is 0 Å². The molecule has 1 rings (SSSR count). The minimum atomic E-state index is 0.435. The van der Waals surface area contributed by atoms with Gasteiger partial charge in [0.2, 0.25) is 0 Å². The Morgan fingerprint density at radius 1 is 1.38 bits per heavy atom. The molecular weight excluding hydrogens is 162 g/mol. The third-order valence-corrected chi connectivity index (χ3v) is 2.47. The molecule has 0 heterocycles. The van der Waals surface area contributed by atoms with Crippen molar-refractivity contribution in [3.8, 4) is 0 Å². The molecule has 0 bridgehead atoms. The largest absolute Gasteiger partial charge is 0.378 e. The standard InChI is InChI=1S/C11H23NO/c1-3-7-12-8-6-10(2)13-9-11-4-5-11/h10-12H,3-9H2,1-2H3. The Balaban J connectivity index is 1.81. The van der Waals surface area contributed by atoms with E-state index in [4.69, 9.17) is 4.74 Å². The van der Waals surface area contributed by atoms with Crippen molar-refractivity contribution in [2.45, 2.75) is 45.6 Å². The summed E-state index contributed by atoms with van der Waals surface area (Å²) in [7, 11) is 0. The van der Waals surface area contributed by atoms with E-state index in [2.05, 4.69) is 19.2 Å². The minimum Gasteiger partial charge on any atom is -0.378 e. The molecule has 0 spiro atoms. The summed E-state index contributed by atoms with van der Waals surface area (Å²) in [6, 6.07) is 0. The molecule has 0 amide bonds. The van der Waals surface area contributed by atoms with Gasteiger partial charge in [0, 0.05) is 6.61 Å². The van der Waals surface area contributed by atoms with Crippen molar-refractivity contribution in [3.63, 3.8) is 0 Å². The second kappa shape index (κ2) is 6.39. The lowest BCUT2D eigenvalue weighted by Gasteiger charge is -2.12. The Kier molecular flexibility index (Phi) is 5.40. The van der Waals surface area contributed by atoms with Crippen molar-refractivity contribution in [2.24, 2.45) is 5.92 Å². The van der Waals surface area contributed by atoms with Gasteiger partial charge in [-0.05, 0) is 51.6 Å². The first-order valence-corrected chi connectivity index (χ1v) is 5.65. The van der Waals surface area contributed by atoms with Gasteiger partial charge in [0.05, 0.1) is 6.10 Å². The second-order valence-corrected chi connectivity index (χ2v) is 4.13. The molecule has 78 valence electrons. The van der Waals surface area contributed by atoms with Gasteiger partial charge >= 0.3 is 0 Å². The van der Waals surface area contributed by atoms with Crippen LogP contribution in [-0.2, 0) is 4.74 Å². The van der Waals surface area contributed by atoms with E-state index in [-0.39, 0.29) is 0 Å². The summed E-state index contributed by atoms with van der Waals surface area (Å²) in [6.45, 7) is 7.60. The van der Waals surface area contributed by atoms with Crippen molar-refractivity contribution >= 4 is 0 Å². The normalized spacial score (nSPS) is 18.9. The fraction of sp³-hybridized carbons (Fsp3) is 1.00. The zero-order valence-corrected chi connectivity index (χ0v) is 9.01. The Morgan fingerprint density at radius 3 is 2.77 bits per heavy atom. The van der Waals surface area contributed by atoms with E-state index in [1.165, 1.54) is 19.3 Å². The summed E-state index contributed by atoms with van der Waals surface area (Å²) < 4.78 is 5.71. The molecule has 1 fully saturated rings. The minimum absolute atomic E-state index is 0.435. The summed E-state index contributed by atoms with van der Waals surface area (Å²) in [4.78, 5) is 0. The fourth-order valence-electron chi connectivity index (χ4n) is 1.28. The van der Waals surface area contributed by atoms with Gasteiger partial charge in [-0.3, -0.25) is 0 Å². The maximum atomic E-state index is 5.71. The first-order valence-electron chi connectivity index (χ1n) is 5.65. The first kappa shape index (κ1) is 11.0. The summed E-state index contributed by atoms with van der Waals surface area (Å²) in [5.41, 5.74) is 0. The highest BCUT2D eigenvalue weighted by atomic mass is 16.5. The third kappa shape index (κ3) is 6.05. The lowest BCUT2D eigenvalue weighted by molar-refractivity contribution is 0.0531. The number of rotatable bonds is 8. The van der Waals surface area contributed by atoms with Gasteiger partial charge in [0.1, 0.15) is 0 Å². The van der Waals surface area contributed by atoms with Crippen LogP contribution in [0.2, 0.25) is 0 Å². The average molecular weight is 185 g/mol. The summed E-state index contributed by atoms with van der Waals surface area (Å²) in [6.07, 6.45) is 5.58. The van der Waals surface area contributed by atoms with E-state index >= 15 is 0 Å². The quantitative estimate of drug-likeness (QED) is 0.585. The second-order valence-electron chi connectivity index (χ2n) is 4.13. The SMILES string of the molecule is CCCNCCC(C)OCC1CC1. The van der Waals surface area contributed by atoms with Crippen LogP contribution in [0.25, 0.3) is 0 Å². The van der Waals surface area contributed by atoms with Crippen LogP contribution >= 0.6 is 0 Å². The highest BCUT2D eigenvalue weighted by Gasteiger charge is 2.21. The topological polar surface area (TPSA) is 21.3 Å². The van der Waals surface area contributed by atoms with Crippen LogP contribution in [0.4, 0.5) is 0 Å². The zero-order valence-electron chi connectivity index (χ0n) is 9.01. The van der Waals surface area contributed by atoms with Gasteiger partial charge in [0.15, 0.2) is 0 Å². The summed E-state index contributed by atoms with van der Waals surface area (Å²) >= 11 is 0. The molecule has 2 nitrogen and oxygen atoms in total. The number of hydrogen-bond donors (Lipinski definition) is 1. The molecule has 0 radical (unpaired) electrons. The molecule has 1 saturated carbocycles. The molecule has 0 aromatic heterocycles. The van der Waals surface area contributed by atoms with E-state index in [0.717, 1.165) is 32.0 Å². The van der Waals surface area contributed by atoms with Crippen molar-refractivity contribution in [1.29, 1.82) is 0 Å². The maximum Gasteiger partial charge on any atom is 0.0559 e. The van der Waals surface area contributed by atoms with Crippen LogP contribution in [0.1, 0.15) is 39.5 Å². The van der Waals surface area contributed by atoms with E-state index in [1.807, 2.05) is 0 Å². The van der Waals surface area contributed by atoms with Gasteiger partial charge in [-0.25, -0.2) is 0 Å². The Morgan fingerprint density at radius 2 is 2.15 bits per heavy atom. The highest BCUT2D eigenvalue weighted by Crippen LogP contribution is 2.29. The monoisotopic (exact) mass is 185 g/mol. The molecule has 1 atom stereocenters. The summed E-state index contributed by atoms with van der Waals surface area (Å²) in [5.74, 6) is 0.894. The van der Waals surface area contributed by atoms with Gasteiger partial charge < -0.3 is 10.1 Å². The van der Waals surface area contributed by atoms with Crippen molar-refractivity contribution in [3.05, 3.63) is 0 Å². The molecule has 0 aromatic carbocycles. The first-order chi connectivity index (χ1) is 6.33. The molecule has 1 unspecified atom stereocenters. The molecule has 1 N–H and O–H groups in total. The zero-order chi connectivity index (χ0) is 9.52. The van der Waals surface area contributed by atoms with Crippen LogP contribution in [0.15, 0.2) is 0 Å². The van der Waals surface area contributed by atoms with Crippen LogP contribution in [-0.4, -0.2) is 25.8 Å². The molecule has 0 aliphatic heterocycles. The summed E-state index contributed by atoms with van der Waals surface area (Å²) in [5, 5.41) is 3.39. The van der Waals surface area contributed by atoms with Gasteiger partial charge in [0.25, 0.3) is 0 Å². The predicted molar refractivity (Wildman–Crippen MR) is 55.9 cm³/mol. The van der Waals surface area contributed by atoms with Crippen molar-refractivity contribution < 1.29 is 4.74 Å². The lowest BCUT2D eigenvalue weighted by atomic mass is 10.3. The number of ether oxygens (including phenoxy) is 1. The van der Waals surface area contributed by atoms with Crippen molar-refractivity contribution in [1.82, 2.24) is 5.32 Å². The molecule has 0 aromatic rings. The van der Waals surface area contributed by atoms with E-state index in [1.54, 1.807) is 0 Å². The highest BCUT2D eigenvalue weighted by molar-refractivity contribution is 4.72. The van der Waals surface area contributed by atoms with Gasteiger partial charge in [-0.1, -0.05) is 6.92 Å². The molecule has 2 heteroatoms. The van der Waals surface area contributed by atoms with Crippen molar-refractivity contribution in [2.75, 3.05) is 19.7 Å². The average Bonchev–Trinajstić information content (AvgIpc) is 2.92. The van der Waals surface area contributed by atoms with E-state index in [0.29, 0.717) is 6.10 Å². The van der Waals surface area contributed by atoms with Crippen LogP contribution in [0, 0.1) is 5.92 Å². The number of nitrogens with one attached hydrogen (secondary N) is 1. The van der Waals surface area contributed by atoms with Crippen LogP contribution in [0.3, 0.4) is 0 Å². The van der Waals surface area contributed by atoms with Gasteiger partial charge in [-0.2, -0.15) is 0 Å². The Bertz CT molecular complexity index is 123. The van der Waals surface area contributed by atoms with E-state index < -0.39 is 0 Å². The fourth-order valence-corrected chi connectivity index (χ4v) is 1.28. The Hall–Kier alpha value is -0.0800. The molecule has 0 saturated heterocycles. The molecule has 13 heavy (non-hydrogen) atoms. The lowest BCUT2D eigenvalue weighted by Crippen LogP contribution is -2.21.